The predicted molar refractivity (Wildman–Crippen MR) is 99.8 cm³/mol. The van der Waals surface area contributed by atoms with Crippen molar-refractivity contribution in [3.05, 3.63) is 82.2 Å². The first-order valence-electron chi connectivity index (χ1n) is 8.86. The molecule has 0 radical (unpaired) electrons. The molecule has 1 aromatic heterocycles. The highest BCUT2D eigenvalue weighted by Crippen LogP contribution is 2.32. The fourth-order valence-electron chi connectivity index (χ4n) is 3.46. The number of rotatable bonds is 3. The van der Waals surface area contributed by atoms with Gasteiger partial charge in [0.05, 0.1) is 23.4 Å². The van der Waals surface area contributed by atoms with Crippen molar-refractivity contribution in [3.8, 4) is 0 Å². The maximum absolute atomic E-state index is 12.9. The van der Waals surface area contributed by atoms with Gasteiger partial charge in [0.25, 0.3) is 11.8 Å². The lowest BCUT2D eigenvalue weighted by Crippen LogP contribution is -2.30. The molecule has 0 spiro atoms. The maximum atomic E-state index is 12.9. The molecule has 0 N–H and O–H groups in total. The van der Waals surface area contributed by atoms with Crippen LogP contribution >= 0.6 is 0 Å². The van der Waals surface area contributed by atoms with Gasteiger partial charge in [-0.05, 0) is 49.2 Å². The third kappa shape index (κ3) is 3.20. The number of carbonyl (C=O) groups is 2. The van der Waals surface area contributed by atoms with Crippen LogP contribution in [0.3, 0.4) is 0 Å². The summed E-state index contributed by atoms with van der Waals surface area (Å²) in [6.07, 6.45) is -4.50. The Balaban J connectivity index is 1.62. The zero-order valence-electron chi connectivity index (χ0n) is 15.6. The Morgan fingerprint density at radius 3 is 2.07 bits per heavy atom. The van der Waals surface area contributed by atoms with Gasteiger partial charge in [0.1, 0.15) is 0 Å². The van der Waals surface area contributed by atoms with Crippen LogP contribution in [0.2, 0.25) is 0 Å². The van der Waals surface area contributed by atoms with Crippen LogP contribution in [-0.2, 0) is 12.7 Å². The smallest absolute Gasteiger partial charge is 0.268 e. The molecule has 2 aromatic carbocycles. The van der Waals surface area contributed by atoms with Gasteiger partial charge < -0.3 is 0 Å². The zero-order chi connectivity index (χ0) is 20.9. The largest absolute Gasteiger partial charge is 0.435 e. The molecule has 0 saturated carbocycles. The number of hydrogen-bond acceptors (Lipinski definition) is 3. The van der Waals surface area contributed by atoms with Crippen LogP contribution < -0.4 is 4.90 Å². The molecule has 3 aromatic rings. The summed E-state index contributed by atoms with van der Waals surface area (Å²) in [5.74, 6) is -0.779. The van der Waals surface area contributed by atoms with Crippen LogP contribution in [0.15, 0.2) is 48.5 Å². The first-order valence-corrected chi connectivity index (χ1v) is 8.86. The summed E-state index contributed by atoms with van der Waals surface area (Å²) in [7, 11) is 0. The standard InChI is InChI=1S/C21H16F3N3O2/c1-12-9-14(11-26-13(2)10-18(25-26)21(22,23)24)7-8-17(12)27-19(28)15-5-3-4-6-16(15)20(27)29/h3-10H,11H2,1-2H3. The maximum Gasteiger partial charge on any atom is 0.435 e. The number of aryl methyl sites for hydroxylation is 2. The number of hydrogen-bond donors (Lipinski definition) is 0. The molecular weight excluding hydrogens is 383 g/mol. The molecule has 8 heteroatoms. The molecule has 4 rings (SSSR count). The molecule has 148 valence electrons. The van der Waals surface area contributed by atoms with Gasteiger partial charge in [-0.25, -0.2) is 4.90 Å². The highest BCUT2D eigenvalue weighted by molar-refractivity contribution is 6.34. The minimum absolute atomic E-state index is 0.144. The second kappa shape index (κ2) is 6.58. The van der Waals surface area contributed by atoms with Crippen LogP contribution in [0.25, 0.3) is 0 Å². The molecule has 0 saturated heterocycles. The number of benzene rings is 2. The van der Waals surface area contributed by atoms with Crippen molar-refractivity contribution in [2.45, 2.75) is 26.6 Å². The van der Waals surface area contributed by atoms with E-state index >= 15 is 0 Å². The van der Waals surface area contributed by atoms with E-state index in [1.54, 1.807) is 56.3 Å². The Hall–Kier alpha value is -3.42. The van der Waals surface area contributed by atoms with E-state index < -0.39 is 11.9 Å². The Labute approximate surface area is 164 Å². The number of alkyl halides is 3. The van der Waals surface area contributed by atoms with Crippen molar-refractivity contribution in [1.82, 2.24) is 9.78 Å². The van der Waals surface area contributed by atoms with E-state index in [4.69, 9.17) is 0 Å². The fraction of sp³-hybridized carbons (Fsp3) is 0.190. The minimum atomic E-state index is -4.50. The molecule has 0 unspecified atom stereocenters. The first kappa shape index (κ1) is 18.9. The molecule has 29 heavy (non-hydrogen) atoms. The number of imide groups is 1. The van der Waals surface area contributed by atoms with Crippen LogP contribution in [0, 0.1) is 13.8 Å². The van der Waals surface area contributed by atoms with Crippen molar-refractivity contribution >= 4 is 17.5 Å². The van der Waals surface area contributed by atoms with Crippen LogP contribution in [0.5, 0.6) is 0 Å². The Kier molecular flexibility index (Phi) is 4.29. The number of aromatic nitrogens is 2. The summed E-state index contributed by atoms with van der Waals surface area (Å²) in [6.45, 7) is 3.45. The van der Waals surface area contributed by atoms with Crippen LogP contribution in [0.1, 0.15) is 43.2 Å². The topological polar surface area (TPSA) is 55.2 Å². The number of amides is 2. The van der Waals surface area contributed by atoms with Gasteiger partial charge in [-0.3, -0.25) is 14.3 Å². The number of carbonyl (C=O) groups excluding carboxylic acids is 2. The second-order valence-electron chi connectivity index (χ2n) is 6.94. The zero-order valence-corrected chi connectivity index (χ0v) is 15.6. The van der Waals surface area contributed by atoms with Gasteiger partial charge in [-0.15, -0.1) is 0 Å². The van der Waals surface area contributed by atoms with Crippen LogP contribution in [0.4, 0.5) is 18.9 Å². The molecule has 0 bridgehead atoms. The Morgan fingerprint density at radius 1 is 0.931 bits per heavy atom. The lowest BCUT2D eigenvalue weighted by Gasteiger charge is -2.17. The average Bonchev–Trinajstić information content (AvgIpc) is 3.15. The third-order valence-corrected chi connectivity index (χ3v) is 4.90. The second-order valence-corrected chi connectivity index (χ2v) is 6.94. The van der Waals surface area contributed by atoms with E-state index in [-0.39, 0.29) is 18.4 Å². The van der Waals surface area contributed by atoms with Gasteiger partial charge in [0.2, 0.25) is 0 Å². The number of halogens is 3. The van der Waals surface area contributed by atoms with Gasteiger partial charge in [-0.1, -0.05) is 24.3 Å². The summed E-state index contributed by atoms with van der Waals surface area (Å²) in [5, 5.41) is 3.63. The summed E-state index contributed by atoms with van der Waals surface area (Å²) in [6, 6.07) is 12.7. The lowest BCUT2D eigenvalue weighted by molar-refractivity contribution is -0.141. The molecule has 5 nitrogen and oxygen atoms in total. The van der Waals surface area contributed by atoms with E-state index in [0.29, 0.717) is 33.6 Å². The summed E-state index contributed by atoms with van der Waals surface area (Å²) < 4.78 is 39.8. The van der Waals surface area contributed by atoms with E-state index in [1.165, 1.54) is 4.68 Å². The van der Waals surface area contributed by atoms with Crippen molar-refractivity contribution in [2.24, 2.45) is 0 Å². The van der Waals surface area contributed by atoms with Gasteiger partial charge in [0.15, 0.2) is 5.69 Å². The monoisotopic (exact) mass is 399 g/mol. The number of anilines is 1. The third-order valence-electron chi connectivity index (χ3n) is 4.90. The average molecular weight is 399 g/mol. The molecule has 1 aliphatic rings. The van der Waals surface area contributed by atoms with Crippen molar-refractivity contribution < 1.29 is 22.8 Å². The van der Waals surface area contributed by atoms with Crippen molar-refractivity contribution in [3.63, 3.8) is 0 Å². The summed E-state index contributed by atoms with van der Waals surface area (Å²) in [5.41, 5.74) is 1.99. The molecule has 2 heterocycles. The van der Waals surface area contributed by atoms with E-state index in [1.807, 2.05) is 0 Å². The van der Waals surface area contributed by atoms with E-state index in [9.17, 15) is 22.8 Å². The number of fused-ring (bicyclic) bond motifs is 1. The highest BCUT2D eigenvalue weighted by atomic mass is 19.4. The highest BCUT2D eigenvalue weighted by Gasteiger charge is 2.37. The minimum Gasteiger partial charge on any atom is -0.268 e. The predicted octanol–water partition coefficient (Wildman–Crippen LogP) is 4.37. The SMILES string of the molecule is Cc1cc(Cn2nc(C(F)(F)F)cc2C)ccc1N1C(=O)c2ccccc2C1=O. The Morgan fingerprint density at radius 2 is 1.55 bits per heavy atom. The van der Waals surface area contributed by atoms with E-state index in [0.717, 1.165) is 11.0 Å². The molecule has 1 aliphatic heterocycles. The normalized spacial score (nSPS) is 13.9. The quantitative estimate of drug-likeness (QED) is 0.615. The number of nitrogens with zero attached hydrogens (tertiary/aromatic N) is 3. The van der Waals surface area contributed by atoms with Gasteiger partial charge in [0, 0.05) is 5.69 Å². The van der Waals surface area contributed by atoms with Crippen LogP contribution in [-0.4, -0.2) is 21.6 Å². The first-order chi connectivity index (χ1) is 13.7. The van der Waals surface area contributed by atoms with Crippen molar-refractivity contribution in [2.75, 3.05) is 4.90 Å². The lowest BCUT2D eigenvalue weighted by atomic mass is 10.1. The molecule has 0 aliphatic carbocycles. The van der Waals surface area contributed by atoms with Gasteiger partial charge >= 0.3 is 6.18 Å². The molecule has 0 fully saturated rings. The van der Waals surface area contributed by atoms with Crippen molar-refractivity contribution in [1.29, 1.82) is 0 Å². The molecule has 0 atom stereocenters. The van der Waals surface area contributed by atoms with Gasteiger partial charge in [-0.2, -0.15) is 18.3 Å². The summed E-state index contributed by atoms with van der Waals surface area (Å²) >= 11 is 0. The summed E-state index contributed by atoms with van der Waals surface area (Å²) in [4.78, 5) is 26.5. The fourth-order valence-corrected chi connectivity index (χ4v) is 3.46. The Bertz CT molecular complexity index is 1110. The van der Waals surface area contributed by atoms with E-state index in [2.05, 4.69) is 5.10 Å². The molecule has 2 amide bonds. The molecular formula is C21H16F3N3O2.